The molecule has 1 N–H and O–H groups in total. The molecule has 0 saturated carbocycles. The molecule has 0 atom stereocenters. The van der Waals surface area contributed by atoms with E-state index in [2.05, 4.69) is 15.6 Å². The Kier molecular flexibility index (Phi) is 5.62. The van der Waals surface area contributed by atoms with Crippen molar-refractivity contribution >= 4 is 22.5 Å². The first-order valence-corrected chi connectivity index (χ1v) is 9.66. The highest BCUT2D eigenvalue weighted by Crippen LogP contribution is 2.31. The molecule has 0 aliphatic carbocycles. The predicted molar refractivity (Wildman–Crippen MR) is 113 cm³/mol. The van der Waals surface area contributed by atoms with Gasteiger partial charge in [-0.1, -0.05) is 11.2 Å². The van der Waals surface area contributed by atoms with Gasteiger partial charge in [-0.3, -0.25) is 9.59 Å². The van der Waals surface area contributed by atoms with Gasteiger partial charge in [0.05, 0.1) is 18.1 Å². The number of aryl methyl sites for hydroxylation is 1. The summed E-state index contributed by atoms with van der Waals surface area (Å²) in [6.07, 6.45) is -4.55. The first kappa shape index (κ1) is 22.1. The van der Waals surface area contributed by atoms with Gasteiger partial charge in [-0.25, -0.2) is 4.68 Å². The number of rotatable bonds is 5. The minimum atomic E-state index is -4.55. The zero-order chi connectivity index (χ0) is 23.8. The summed E-state index contributed by atoms with van der Waals surface area (Å²) in [5, 5.41) is 10.9. The quantitative estimate of drug-likeness (QED) is 0.485. The molecule has 2 aromatic heterocycles. The van der Waals surface area contributed by atoms with Crippen LogP contribution >= 0.6 is 0 Å². The van der Waals surface area contributed by atoms with Crippen LogP contribution in [0.15, 0.2) is 57.8 Å². The van der Waals surface area contributed by atoms with E-state index in [1.165, 1.54) is 19.2 Å². The summed E-state index contributed by atoms with van der Waals surface area (Å²) in [7, 11) is 1.53. The van der Waals surface area contributed by atoms with Gasteiger partial charge >= 0.3 is 6.18 Å². The molecule has 0 fully saturated rings. The van der Waals surface area contributed by atoms with E-state index in [-0.39, 0.29) is 11.2 Å². The third-order valence-corrected chi connectivity index (χ3v) is 4.89. The van der Waals surface area contributed by atoms with Crippen molar-refractivity contribution in [3.8, 4) is 17.0 Å². The number of carbonyl (C=O) groups is 1. The molecule has 2 aromatic carbocycles. The Morgan fingerprint density at radius 2 is 1.91 bits per heavy atom. The van der Waals surface area contributed by atoms with Crippen LogP contribution in [0.3, 0.4) is 0 Å². The van der Waals surface area contributed by atoms with E-state index >= 15 is 0 Å². The van der Waals surface area contributed by atoms with Crippen molar-refractivity contribution in [3.63, 3.8) is 0 Å². The minimum absolute atomic E-state index is 0.0137. The Labute approximate surface area is 184 Å². The molecule has 0 unspecified atom stereocenters. The Hall–Kier alpha value is -4.15. The lowest BCUT2D eigenvalue weighted by molar-refractivity contribution is -0.137. The van der Waals surface area contributed by atoms with E-state index in [0.29, 0.717) is 28.2 Å². The number of benzene rings is 2. The van der Waals surface area contributed by atoms with Crippen molar-refractivity contribution in [2.45, 2.75) is 19.6 Å². The molecule has 170 valence electrons. The lowest BCUT2D eigenvalue weighted by atomic mass is 10.1. The number of hydrogen-bond donors (Lipinski definition) is 1. The van der Waals surface area contributed by atoms with Crippen LogP contribution in [0.4, 0.5) is 18.9 Å². The predicted octanol–water partition coefficient (Wildman–Crippen LogP) is 4.03. The first-order valence-electron chi connectivity index (χ1n) is 9.66. The number of anilines is 1. The number of ether oxygens (including phenoxy) is 1. The number of nitrogens with one attached hydrogen (secondary N) is 1. The van der Waals surface area contributed by atoms with Crippen molar-refractivity contribution in [1.29, 1.82) is 0 Å². The van der Waals surface area contributed by atoms with Crippen molar-refractivity contribution in [2.24, 2.45) is 0 Å². The van der Waals surface area contributed by atoms with E-state index in [1.54, 1.807) is 31.2 Å². The smallest absolute Gasteiger partial charge is 0.416 e. The van der Waals surface area contributed by atoms with Crippen LogP contribution in [-0.4, -0.2) is 28.0 Å². The van der Waals surface area contributed by atoms with Crippen LogP contribution in [0.2, 0.25) is 0 Å². The van der Waals surface area contributed by atoms with Crippen molar-refractivity contribution in [3.05, 3.63) is 70.2 Å². The summed E-state index contributed by atoms with van der Waals surface area (Å²) in [5.74, 6) is 0.260. The summed E-state index contributed by atoms with van der Waals surface area (Å²) < 4.78 is 50.0. The maximum atomic E-state index is 12.9. The highest BCUT2D eigenvalue weighted by Gasteiger charge is 2.30. The van der Waals surface area contributed by atoms with Crippen molar-refractivity contribution in [1.82, 2.24) is 14.9 Å². The van der Waals surface area contributed by atoms with E-state index in [9.17, 15) is 22.8 Å². The van der Waals surface area contributed by atoms with E-state index in [0.717, 1.165) is 16.8 Å². The van der Waals surface area contributed by atoms with Crippen LogP contribution in [-0.2, 0) is 17.5 Å². The largest absolute Gasteiger partial charge is 0.497 e. The number of amides is 1. The number of alkyl halides is 3. The van der Waals surface area contributed by atoms with Gasteiger partial charge in [0.15, 0.2) is 5.52 Å². The summed E-state index contributed by atoms with van der Waals surface area (Å²) in [5.41, 5.74) is -0.663. The molecule has 11 heteroatoms. The summed E-state index contributed by atoms with van der Waals surface area (Å²) in [6.45, 7) is 1.09. The molecule has 33 heavy (non-hydrogen) atoms. The monoisotopic (exact) mass is 458 g/mol. The van der Waals surface area contributed by atoms with Crippen LogP contribution in [0.5, 0.6) is 5.75 Å². The van der Waals surface area contributed by atoms with Gasteiger partial charge in [-0.05, 0) is 49.4 Å². The van der Waals surface area contributed by atoms with Crippen LogP contribution in [0.1, 0.15) is 11.3 Å². The van der Waals surface area contributed by atoms with Gasteiger partial charge in [0.1, 0.15) is 23.7 Å². The Morgan fingerprint density at radius 1 is 1.18 bits per heavy atom. The topological polar surface area (TPSA) is 99.2 Å². The third kappa shape index (κ3) is 4.43. The fraction of sp³-hybridized carbons (Fsp3) is 0.182. The second-order valence-corrected chi connectivity index (χ2v) is 7.13. The summed E-state index contributed by atoms with van der Waals surface area (Å²) in [4.78, 5) is 25.3. The van der Waals surface area contributed by atoms with E-state index in [4.69, 9.17) is 9.26 Å². The Balaban J connectivity index is 1.69. The summed E-state index contributed by atoms with van der Waals surface area (Å²) in [6, 6.07) is 11.1. The molecule has 0 aliphatic rings. The third-order valence-electron chi connectivity index (χ3n) is 4.89. The molecule has 8 nitrogen and oxygen atoms in total. The Bertz CT molecular complexity index is 1390. The van der Waals surface area contributed by atoms with E-state index in [1.807, 2.05) is 0 Å². The number of fused-ring (bicyclic) bond motifs is 1. The average Bonchev–Trinajstić information content (AvgIpc) is 3.17. The van der Waals surface area contributed by atoms with E-state index < -0.39 is 29.8 Å². The lowest BCUT2D eigenvalue weighted by Gasteiger charge is -2.11. The maximum absolute atomic E-state index is 12.9. The van der Waals surface area contributed by atoms with Gasteiger partial charge in [0.2, 0.25) is 5.91 Å². The molecule has 1 amide bonds. The van der Waals surface area contributed by atoms with Gasteiger partial charge in [0.25, 0.3) is 5.56 Å². The molecule has 2 heterocycles. The maximum Gasteiger partial charge on any atom is 0.416 e. The molecule has 0 radical (unpaired) electrons. The number of aromatic nitrogens is 3. The van der Waals surface area contributed by atoms with Gasteiger partial charge in [0, 0.05) is 11.3 Å². The molecule has 0 spiro atoms. The molecule has 0 saturated heterocycles. The molecule has 0 bridgehead atoms. The number of methoxy groups -OCH3 is 1. The second kappa shape index (κ2) is 8.41. The molecular weight excluding hydrogens is 441 g/mol. The lowest BCUT2D eigenvalue weighted by Crippen LogP contribution is -2.30. The molecular formula is C22H17F3N4O4. The van der Waals surface area contributed by atoms with Crippen molar-refractivity contribution < 1.29 is 27.2 Å². The first-order chi connectivity index (χ1) is 15.7. The standard InChI is InChI=1S/C22H17F3N4O4/c1-12-18-19(13-6-8-16(32-2)9-7-13)27-29(21(31)20(18)28-33-12)11-17(30)26-15-5-3-4-14(10-15)22(23,24)25/h3-10H,11H2,1-2H3,(H,26,30). The number of nitrogens with zero attached hydrogens (tertiary/aromatic N) is 3. The highest BCUT2D eigenvalue weighted by molar-refractivity contribution is 5.94. The zero-order valence-electron chi connectivity index (χ0n) is 17.4. The van der Waals surface area contributed by atoms with Crippen molar-refractivity contribution in [2.75, 3.05) is 12.4 Å². The van der Waals surface area contributed by atoms with Crippen LogP contribution < -0.4 is 15.6 Å². The van der Waals surface area contributed by atoms with Gasteiger partial charge in [-0.15, -0.1) is 0 Å². The fourth-order valence-corrected chi connectivity index (χ4v) is 3.30. The normalized spacial score (nSPS) is 11.5. The van der Waals surface area contributed by atoms with Gasteiger partial charge in [-0.2, -0.15) is 18.3 Å². The summed E-state index contributed by atoms with van der Waals surface area (Å²) >= 11 is 0. The molecule has 4 rings (SSSR count). The van der Waals surface area contributed by atoms with Gasteiger partial charge < -0.3 is 14.6 Å². The fourth-order valence-electron chi connectivity index (χ4n) is 3.30. The van der Waals surface area contributed by atoms with Crippen LogP contribution in [0, 0.1) is 6.92 Å². The second-order valence-electron chi connectivity index (χ2n) is 7.13. The molecule has 0 aliphatic heterocycles. The number of halogens is 3. The average molecular weight is 458 g/mol. The highest BCUT2D eigenvalue weighted by atomic mass is 19.4. The Morgan fingerprint density at radius 3 is 2.58 bits per heavy atom. The number of carbonyl (C=O) groups excluding carboxylic acids is 1. The molecule has 4 aromatic rings. The van der Waals surface area contributed by atoms with Crippen LogP contribution in [0.25, 0.3) is 22.2 Å². The zero-order valence-corrected chi connectivity index (χ0v) is 17.4. The minimum Gasteiger partial charge on any atom is -0.497 e. The number of hydrogen-bond acceptors (Lipinski definition) is 6. The SMILES string of the molecule is COc1ccc(-c2nn(CC(=O)Nc3cccc(C(F)(F)F)c3)c(=O)c3noc(C)c23)cc1.